The molecule has 0 saturated carbocycles. The van der Waals surface area contributed by atoms with Crippen molar-refractivity contribution >= 4 is 15.9 Å². The Morgan fingerprint density at radius 1 is 1.11 bits per heavy atom. The first-order chi connectivity index (χ1) is 8.52. The van der Waals surface area contributed by atoms with Crippen molar-refractivity contribution in [3.63, 3.8) is 0 Å². The molecule has 1 aromatic heterocycles. The van der Waals surface area contributed by atoms with Crippen LogP contribution in [0.15, 0.2) is 35.1 Å². The van der Waals surface area contributed by atoms with Crippen molar-refractivity contribution in [3.8, 4) is 0 Å². The van der Waals surface area contributed by atoms with Crippen LogP contribution in [0.5, 0.6) is 0 Å². The maximum atomic E-state index is 13.7. The molecule has 0 aliphatic heterocycles. The van der Waals surface area contributed by atoms with Gasteiger partial charge >= 0.3 is 0 Å². The summed E-state index contributed by atoms with van der Waals surface area (Å²) in [6.45, 7) is 0. The van der Waals surface area contributed by atoms with Crippen molar-refractivity contribution in [3.05, 3.63) is 63.6 Å². The first kappa shape index (κ1) is 13.0. The van der Waals surface area contributed by atoms with E-state index in [4.69, 9.17) is 0 Å². The Bertz CT molecular complexity index is 592. The molecule has 0 aliphatic rings. The number of benzene rings is 1. The minimum absolute atomic E-state index is 0.00702. The van der Waals surface area contributed by atoms with Crippen LogP contribution in [0.4, 0.5) is 13.2 Å². The molecule has 1 atom stereocenters. The molecule has 0 fully saturated rings. The highest BCUT2D eigenvalue weighted by Gasteiger charge is 2.23. The molecule has 0 saturated heterocycles. The predicted octanol–water partition coefficient (Wildman–Crippen LogP) is 3.34. The van der Waals surface area contributed by atoms with Crippen LogP contribution in [-0.2, 0) is 0 Å². The molecule has 0 radical (unpaired) electrons. The largest absolute Gasteiger partial charge is 0.383 e. The molecule has 2 aromatic rings. The molecule has 1 aromatic carbocycles. The van der Waals surface area contributed by atoms with Gasteiger partial charge in [-0.2, -0.15) is 0 Å². The van der Waals surface area contributed by atoms with Gasteiger partial charge in [0, 0.05) is 11.8 Å². The summed E-state index contributed by atoms with van der Waals surface area (Å²) >= 11 is 2.88. The molecule has 2 rings (SSSR count). The third-order valence-corrected chi connectivity index (χ3v) is 3.06. The summed E-state index contributed by atoms with van der Waals surface area (Å²) in [5.74, 6) is -2.73. The molecule has 1 N–H and O–H groups in total. The zero-order valence-electron chi connectivity index (χ0n) is 8.87. The number of hydrogen-bond donors (Lipinski definition) is 1. The van der Waals surface area contributed by atoms with E-state index in [0.29, 0.717) is 0 Å². The maximum absolute atomic E-state index is 13.7. The topological polar surface area (TPSA) is 33.1 Å². The van der Waals surface area contributed by atoms with Crippen LogP contribution in [0.25, 0.3) is 0 Å². The standard InChI is InChI=1S/C12H7BrF3NO/c13-7-1-2-8(14)10(11(7)16)12(18)6-3-4-17-5-9(6)15/h1-5,12,18H. The van der Waals surface area contributed by atoms with E-state index in [0.717, 1.165) is 12.3 Å². The number of halogens is 4. The van der Waals surface area contributed by atoms with Crippen LogP contribution < -0.4 is 0 Å². The average Bonchev–Trinajstić information content (AvgIpc) is 2.35. The zero-order valence-corrected chi connectivity index (χ0v) is 10.5. The first-order valence-corrected chi connectivity index (χ1v) is 5.72. The van der Waals surface area contributed by atoms with Crippen molar-refractivity contribution in [1.82, 2.24) is 4.98 Å². The third kappa shape index (κ3) is 2.26. The number of nitrogens with zero attached hydrogens (tertiary/aromatic N) is 1. The molecule has 1 unspecified atom stereocenters. The molecule has 94 valence electrons. The van der Waals surface area contributed by atoms with Crippen molar-refractivity contribution in [1.29, 1.82) is 0 Å². The molecule has 0 aliphatic carbocycles. The summed E-state index contributed by atoms with van der Waals surface area (Å²) in [7, 11) is 0. The second-order valence-electron chi connectivity index (χ2n) is 3.56. The van der Waals surface area contributed by atoms with Gasteiger partial charge in [0.1, 0.15) is 23.6 Å². The van der Waals surface area contributed by atoms with Crippen LogP contribution in [0.2, 0.25) is 0 Å². The van der Waals surface area contributed by atoms with Gasteiger partial charge in [-0.15, -0.1) is 0 Å². The van der Waals surface area contributed by atoms with Gasteiger partial charge in [-0.1, -0.05) is 0 Å². The summed E-state index contributed by atoms with van der Waals surface area (Å²) in [4.78, 5) is 3.50. The maximum Gasteiger partial charge on any atom is 0.147 e. The highest BCUT2D eigenvalue weighted by molar-refractivity contribution is 9.10. The normalized spacial score (nSPS) is 12.5. The van der Waals surface area contributed by atoms with Crippen LogP contribution in [0, 0.1) is 17.5 Å². The van der Waals surface area contributed by atoms with E-state index < -0.39 is 29.1 Å². The summed E-state index contributed by atoms with van der Waals surface area (Å²) < 4.78 is 40.7. The van der Waals surface area contributed by atoms with Crippen LogP contribution in [-0.4, -0.2) is 10.1 Å². The van der Waals surface area contributed by atoms with E-state index in [-0.39, 0.29) is 10.0 Å². The number of pyridine rings is 1. The van der Waals surface area contributed by atoms with Gasteiger partial charge in [-0.05, 0) is 34.1 Å². The zero-order chi connectivity index (χ0) is 13.3. The fraction of sp³-hybridized carbons (Fsp3) is 0.0833. The average molecular weight is 318 g/mol. The van der Waals surface area contributed by atoms with Crippen molar-refractivity contribution < 1.29 is 18.3 Å². The van der Waals surface area contributed by atoms with Crippen molar-refractivity contribution in [2.45, 2.75) is 6.10 Å². The molecule has 18 heavy (non-hydrogen) atoms. The lowest BCUT2D eigenvalue weighted by Crippen LogP contribution is -2.08. The van der Waals surface area contributed by atoms with E-state index in [1.54, 1.807) is 0 Å². The van der Waals surface area contributed by atoms with Crippen molar-refractivity contribution in [2.24, 2.45) is 0 Å². The van der Waals surface area contributed by atoms with E-state index in [9.17, 15) is 18.3 Å². The van der Waals surface area contributed by atoms with E-state index in [2.05, 4.69) is 20.9 Å². The lowest BCUT2D eigenvalue weighted by atomic mass is 10.0. The Kier molecular flexibility index (Phi) is 3.68. The Balaban J connectivity index is 2.56. The van der Waals surface area contributed by atoms with Gasteiger partial charge in [-0.3, -0.25) is 4.98 Å². The van der Waals surface area contributed by atoms with E-state index >= 15 is 0 Å². The molecule has 0 amide bonds. The van der Waals surface area contributed by atoms with E-state index in [1.807, 2.05) is 0 Å². The van der Waals surface area contributed by atoms with Gasteiger partial charge in [0.2, 0.25) is 0 Å². The molecule has 1 heterocycles. The van der Waals surface area contributed by atoms with E-state index in [1.165, 1.54) is 18.3 Å². The number of aliphatic hydroxyl groups is 1. The minimum atomic E-state index is -1.73. The Morgan fingerprint density at radius 3 is 2.50 bits per heavy atom. The molecular formula is C12H7BrF3NO. The van der Waals surface area contributed by atoms with Crippen molar-refractivity contribution in [2.75, 3.05) is 0 Å². The lowest BCUT2D eigenvalue weighted by molar-refractivity contribution is 0.203. The predicted molar refractivity (Wildman–Crippen MR) is 62.3 cm³/mol. The minimum Gasteiger partial charge on any atom is -0.383 e. The summed E-state index contributed by atoms with van der Waals surface area (Å²) in [5.41, 5.74) is -0.838. The molecule has 0 spiro atoms. The van der Waals surface area contributed by atoms with Gasteiger partial charge in [0.25, 0.3) is 0 Å². The second kappa shape index (κ2) is 5.07. The number of hydrogen-bond acceptors (Lipinski definition) is 2. The summed E-state index contributed by atoms with van der Waals surface area (Å²) in [6, 6.07) is 3.33. The monoisotopic (exact) mass is 317 g/mol. The SMILES string of the molecule is OC(c1ccncc1F)c1c(F)ccc(Br)c1F. The number of aromatic nitrogens is 1. The third-order valence-electron chi connectivity index (χ3n) is 2.45. The fourth-order valence-corrected chi connectivity index (χ4v) is 1.90. The molecule has 6 heteroatoms. The van der Waals surface area contributed by atoms with Crippen LogP contribution in [0.1, 0.15) is 17.2 Å². The Labute approximate surface area is 109 Å². The quantitative estimate of drug-likeness (QED) is 0.862. The first-order valence-electron chi connectivity index (χ1n) is 4.93. The highest BCUT2D eigenvalue weighted by Crippen LogP contribution is 2.31. The molecule has 0 bridgehead atoms. The summed E-state index contributed by atoms with van der Waals surface area (Å²) in [5, 5.41) is 9.89. The lowest BCUT2D eigenvalue weighted by Gasteiger charge is -2.14. The van der Waals surface area contributed by atoms with Gasteiger partial charge in [-0.25, -0.2) is 13.2 Å². The highest BCUT2D eigenvalue weighted by atomic mass is 79.9. The second-order valence-corrected chi connectivity index (χ2v) is 4.41. The number of rotatable bonds is 2. The van der Waals surface area contributed by atoms with Gasteiger partial charge in [0.15, 0.2) is 0 Å². The van der Waals surface area contributed by atoms with Gasteiger partial charge in [0.05, 0.1) is 16.2 Å². The van der Waals surface area contributed by atoms with Crippen LogP contribution >= 0.6 is 15.9 Å². The smallest absolute Gasteiger partial charge is 0.147 e. The molecule has 2 nitrogen and oxygen atoms in total. The molecular weight excluding hydrogens is 311 g/mol. The summed E-state index contributed by atoms with van der Waals surface area (Å²) in [6.07, 6.45) is 0.368. The fourth-order valence-electron chi connectivity index (χ4n) is 1.56. The van der Waals surface area contributed by atoms with Gasteiger partial charge < -0.3 is 5.11 Å². The van der Waals surface area contributed by atoms with Crippen LogP contribution in [0.3, 0.4) is 0 Å². The number of aliphatic hydroxyl groups excluding tert-OH is 1. The Morgan fingerprint density at radius 2 is 1.83 bits per heavy atom. The Hall–Kier alpha value is -1.40.